The van der Waals surface area contributed by atoms with Gasteiger partial charge in [-0.15, -0.1) is 0 Å². The second-order valence-electron chi connectivity index (χ2n) is 8.23. The zero-order valence-electron chi connectivity index (χ0n) is 17.2. The maximum Gasteiger partial charge on any atom is 0.407 e. The summed E-state index contributed by atoms with van der Waals surface area (Å²) in [6.45, 7) is 7.40. The van der Waals surface area contributed by atoms with Gasteiger partial charge in [0, 0.05) is 51.2 Å². The van der Waals surface area contributed by atoms with Crippen molar-refractivity contribution < 1.29 is 19.1 Å². The first-order chi connectivity index (χ1) is 13.8. The Morgan fingerprint density at radius 3 is 2.48 bits per heavy atom. The number of benzene rings is 1. The van der Waals surface area contributed by atoms with E-state index < -0.39 is 6.09 Å². The molecule has 2 aliphatic heterocycles. The Labute approximate surface area is 171 Å². The molecule has 3 N–H and O–H groups in total. The fourth-order valence-electron chi connectivity index (χ4n) is 4.55. The van der Waals surface area contributed by atoms with Gasteiger partial charge < -0.3 is 20.6 Å². The molecule has 2 heterocycles. The van der Waals surface area contributed by atoms with Crippen LogP contribution in [0.4, 0.5) is 9.18 Å². The zero-order valence-corrected chi connectivity index (χ0v) is 17.2. The quantitative estimate of drug-likeness (QED) is 0.801. The maximum absolute atomic E-state index is 13.7. The topological polar surface area (TPSA) is 90.1 Å². The van der Waals surface area contributed by atoms with Crippen molar-refractivity contribution >= 4 is 12.0 Å². The molecule has 0 spiro atoms. The summed E-state index contributed by atoms with van der Waals surface area (Å²) >= 11 is 0. The highest BCUT2D eigenvalue weighted by Gasteiger charge is 2.37. The van der Waals surface area contributed by atoms with E-state index in [1.165, 1.54) is 17.0 Å². The molecule has 0 aromatic heterocycles. The number of carbonyl (C=O) groups excluding carboxylic acids is 1. The van der Waals surface area contributed by atoms with Gasteiger partial charge in [0.25, 0.3) is 0 Å². The molecule has 8 heteroatoms. The first-order valence-corrected chi connectivity index (χ1v) is 10.3. The number of rotatable bonds is 4. The average Bonchev–Trinajstić information content (AvgIpc) is 2.72. The summed E-state index contributed by atoms with van der Waals surface area (Å²) in [5.74, 6) is -0.186. The summed E-state index contributed by atoms with van der Waals surface area (Å²) in [7, 11) is 0. The monoisotopic (exact) mass is 406 g/mol. The molecule has 2 fully saturated rings. The van der Waals surface area contributed by atoms with Crippen LogP contribution < -0.4 is 5.73 Å². The van der Waals surface area contributed by atoms with E-state index in [-0.39, 0.29) is 36.3 Å². The lowest BCUT2D eigenvalue weighted by molar-refractivity contribution is -0.136. The van der Waals surface area contributed by atoms with E-state index in [9.17, 15) is 19.1 Å². The van der Waals surface area contributed by atoms with Gasteiger partial charge >= 0.3 is 6.09 Å². The van der Waals surface area contributed by atoms with E-state index in [1.54, 1.807) is 6.07 Å². The van der Waals surface area contributed by atoms with E-state index in [0.29, 0.717) is 31.6 Å². The van der Waals surface area contributed by atoms with Crippen molar-refractivity contribution in [2.75, 3.05) is 32.7 Å². The second kappa shape index (κ2) is 9.09. The number of carbonyl (C=O) groups is 2. The minimum Gasteiger partial charge on any atom is -0.465 e. The number of nitrogens with two attached hydrogens (primary N) is 1. The molecule has 3 rings (SSSR count). The Balaban J connectivity index is 1.74. The van der Waals surface area contributed by atoms with Gasteiger partial charge in [-0.1, -0.05) is 19.9 Å². The van der Waals surface area contributed by atoms with Crippen LogP contribution in [0.5, 0.6) is 0 Å². The van der Waals surface area contributed by atoms with Crippen molar-refractivity contribution in [3.05, 3.63) is 35.1 Å². The van der Waals surface area contributed by atoms with Crippen LogP contribution in [-0.4, -0.2) is 70.6 Å². The van der Waals surface area contributed by atoms with Gasteiger partial charge in [0.05, 0.1) is 6.04 Å². The van der Waals surface area contributed by atoms with Crippen LogP contribution in [0.3, 0.4) is 0 Å². The van der Waals surface area contributed by atoms with Crippen molar-refractivity contribution in [1.29, 1.82) is 0 Å². The van der Waals surface area contributed by atoms with Crippen LogP contribution in [0, 0.1) is 11.7 Å². The number of piperazine rings is 1. The first-order valence-electron chi connectivity index (χ1n) is 10.3. The van der Waals surface area contributed by atoms with Crippen molar-refractivity contribution in [2.45, 2.75) is 45.3 Å². The smallest absolute Gasteiger partial charge is 0.407 e. The van der Waals surface area contributed by atoms with E-state index in [4.69, 9.17) is 5.73 Å². The van der Waals surface area contributed by atoms with Crippen LogP contribution in [0.2, 0.25) is 0 Å². The highest BCUT2D eigenvalue weighted by molar-refractivity contribution is 5.78. The lowest BCUT2D eigenvalue weighted by Crippen LogP contribution is -2.55. The molecule has 0 radical (unpaired) electrons. The molecule has 29 heavy (non-hydrogen) atoms. The largest absolute Gasteiger partial charge is 0.465 e. The normalized spacial score (nSPS) is 23.5. The number of carboxylic acid groups (broad SMARTS) is 1. The minimum absolute atomic E-state index is 0.00195. The maximum atomic E-state index is 13.7. The standard InChI is InChI=1S/C21H31FN4O3/c1-14(2)20(27)25-9-7-24(8-10-25)17-5-6-26(21(28)29)19(12-17)18-4-3-16(22)11-15(18)13-23/h3-4,11,14,17,19H,5-10,12-13,23H2,1-2H3,(H,28,29)/t17-,19+/m0/s1. The van der Waals surface area contributed by atoms with E-state index in [2.05, 4.69) is 4.90 Å². The average molecular weight is 407 g/mol. The lowest BCUT2D eigenvalue weighted by Gasteiger charge is -2.45. The number of hydrogen-bond donors (Lipinski definition) is 2. The van der Waals surface area contributed by atoms with Gasteiger partial charge in [-0.25, -0.2) is 9.18 Å². The van der Waals surface area contributed by atoms with Gasteiger partial charge in [0.15, 0.2) is 0 Å². The summed E-state index contributed by atoms with van der Waals surface area (Å²) < 4.78 is 13.7. The molecule has 0 saturated carbocycles. The van der Waals surface area contributed by atoms with Crippen LogP contribution in [0.25, 0.3) is 0 Å². The summed E-state index contributed by atoms with van der Waals surface area (Å²) in [4.78, 5) is 29.8. The molecule has 1 aromatic carbocycles. The molecule has 2 atom stereocenters. The predicted molar refractivity (Wildman–Crippen MR) is 108 cm³/mol. The predicted octanol–water partition coefficient (Wildman–Crippen LogP) is 2.27. The summed E-state index contributed by atoms with van der Waals surface area (Å²) in [6, 6.07) is 4.31. The number of hydrogen-bond acceptors (Lipinski definition) is 4. The third kappa shape index (κ3) is 4.70. The highest BCUT2D eigenvalue weighted by atomic mass is 19.1. The molecule has 2 aliphatic rings. The Morgan fingerprint density at radius 1 is 1.21 bits per heavy atom. The third-order valence-electron chi connectivity index (χ3n) is 6.14. The molecule has 0 aliphatic carbocycles. The lowest BCUT2D eigenvalue weighted by atomic mass is 9.88. The fourth-order valence-corrected chi connectivity index (χ4v) is 4.55. The van der Waals surface area contributed by atoms with Crippen molar-refractivity contribution in [3.63, 3.8) is 0 Å². The molecule has 7 nitrogen and oxygen atoms in total. The molecular formula is C21H31FN4O3. The summed E-state index contributed by atoms with van der Waals surface area (Å²) in [5, 5.41) is 9.70. The van der Waals surface area contributed by atoms with E-state index >= 15 is 0 Å². The van der Waals surface area contributed by atoms with E-state index in [0.717, 1.165) is 25.1 Å². The Morgan fingerprint density at radius 2 is 1.90 bits per heavy atom. The van der Waals surface area contributed by atoms with Crippen LogP contribution >= 0.6 is 0 Å². The second-order valence-corrected chi connectivity index (χ2v) is 8.23. The van der Waals surface area contributed by atoms with Crippen LogP contribution in [0.15, 0.2) is 18.2 Å². The molecule has 160 valence electrons. The van der Waals surface area contributed by atoms with Gasteiger partial charge in [0.2, 0.25) is 5.91 Å². The van der Waals surface area contributed by atoms with Crippen molar-refractivity contribution in [2.24, 2.45) is 11.7 Å². The van der Waals surface area contributed by atoms with Gasteiger partial charge in [0.1, 0.15) is 5.82 Å². The third-order valence-corrected chi connectivity index (χ3v) is 6.14. The molecule has 2 saturated heterocycles. The minimum atomic E-state index is -0.965. The Bertz CT molecular complexity index is 749. The van der Waals surface area contributed by atoms with Gasteiger partial charge in [-0.05, 0) is 36.1 Å². The summed E-state index contributed by atoms with van der Waals surface area (Å²) in [5.41, 5.74) is 7.25. The van der Waals surface area contributed by atoms with E-state index in [1.807, 2.05) is 18.7 Å². The number of nitrogens with zero attached hydrogens (tertiary/aromatic N) is 3. The van der Waals surface area contributed by atoms with Gasteiger partial charge in [-0.3, -0.25) is 9.69 Å². The molecule has 0 bridgehead atoms. The van der Waals surface area contributed by atoms with Crippen LogP contribution in [-0.2, 0) is 11.3 Å². The fraction of sp³-hybridized carbons (Fsp3) is 0.619. The van der Waals surface area contributed by atoms with Crippen molar-refractivity contribution in [1.82, 2.24) is 14.7 Å². The molecule has 0 unspecified atom stereocenters. The Hall–Kier alpha value is -2.19. The molecule has 1 aromatic rings. The first kappa shape index (κ1) is 21.5. The molecule has 2 amide bonds. The molecular weight excluding hydrogens is 375 g/mol. The van der Waals surface area contributed by atoms with Gasteiger partial charge in [-0.2, -0.15) is 0 Å². The van der Waals surface area contributed by atoms with Crippen molar-refractivity contribution in [3.8, 4) is 0 Å². The highest BCUT2D eigenvalue weighted by Crippen LogP contribution is 2.35. The number of halogens is 1. The zero-order chi connectivity index (χ0) is 21.1. The summed E-state index contributed by atoms with van der Waals surface area (Å²) in [6.07, 6.45) is 0.427. The SMILES string of the molecule is CC(C)C(=O)N1CCN([C@H]2CCN(C(=O)O)[C@@H](c3ccc(F)cc3CN)C2)CC1. The van der Waals surface area contributed by atoms with Crippen LogP contribution in [0.1, 0.15) is 43.9 Å². The Kier molecular flexibility index (Phi) is 6.74. The number of likely N-dealkylation sites (tertiary alicyclic amines) is 1. The number of piperidine rings is 1. The number of amides is 2.